The van der Waals surface area contributed by atoms with Crippen molar-refractivity contribution >= 4 is 54.5 Å². The summed E-state index contributed by atoms with van der Waals surface area (Å²) in [6.45, 7) is 5.81. The third-order valence-electron chi connectivity index (χ3n) is 6.80. The number of sulfonamides is 1. The van der Waals surface area contributed by atoms with Crippen LogP contribution >= 0.6 is 11.3 Å². The summed E-state index contributed by atoms with van der Waals surface area (Å²) in [5.74, 6) is -0.520. The van der Waals surface area contributed by atoms with Gasteiger partial charge in [0, 0.05) is 30.3 Å². The lowest BCUT2D eigenvalue weighted by Crippen LogP contribution is -2.36. The first-order chi connectivity index (χ1) is 21.0. The Balaban J connectivity index is 1.46. The molecule has 1 heterocycles. The number of benzene rings is 4. The van der Waals surface area contributed by atoms with E-state index < -0.39 is 20.9 Å². The zero-order valence-electron chi connectivity index (χ0n) is 24.2. The highest BCUT2D eigenvalue weighted by Gasteiger charge is 2.28. The van der Waals surface area contributed by atoms with Crippen LogP contribution in [0.25, 0.3) is 10.2 Å². The molecule has 0 N–H and O–H groups in total. The average Bonchev–Trinajstić information content (AvgIpc) is 3.43. The number of nitrogens with zero attached hydrogens (tertiary/aromatic N) is 5. The number of non-ortho nitro benzene ring substituents is 1. The molecule has 0 bridgehead atoms. The maximum atomic E-state index is 13.8. The molecule has 44 heavy (non-hydrogen) atoms. The minimum Gasteiger partial charge on any atom is -0.267 e. The van der Waals surface area contributed by atoms with Crippen LogP contribution in [-0.2, 0) is 16.6 Å². The number of carbonyl (C=O) groups excluding carboxylic acids is 1. The summed E-state index contributed by atoms with van der Waals surface area (Å²) >= 11 is 1.29. The number of thiazole rings is 1. The molecular formula is C32H29N5O5S2. The Bertz CT molecular complexity index is 1940. The maximum Gasteiger partial charge on any atom is 0.280 e. The van der Waals surface area contributed by atoms with Gasteiger partial charge in [0.05, 0.1) is 26.3 Å². The van der Waals surface area contributed by atoms with E-state index in [1.54, 1.807) is 0 Å². The Morgan fingerprint density at radius 1 is 1.00 bits per heavy atom. The number of aryl methyl sites for hydroxylation is 1. The van der Waals surface area contributed by atoms with Gasteiger partial charge in [-0.25, -0.2) is 13.4 Å². The lowest BCUT2D eigenvalue weighted by atomic mass is 10.2. The summed E-state index contributed by atoms with van der Waals surface area (Å²) in [6.07, 6.45) is 1.42. The van der Waals surface area contributed by atoms with E-state index in [0.29, 0.717) is 16.2 Å². The molecule has 0 aliphatic carbocycles. The first kappa shape index (κ1) is 30.7. The van der Waals surface area contributed by atoms with E-state index in [0.717, 1.165) is 20.8 Å². The Morgan fingerprint density at radius 2 is 1.68 bits per heavy atom. The quantitative estimate of drug-likeness (QED) is 0.0953. The topological polar surface area (TPSA) is 126 Å². The lowest BCUT2D eigenvalue weighted by molar-refractivity contribution is -0.384. The van der Waals surface area contributed by atoms with Gasteiger partial charge in [0.25, 0.3) is 11.6 Å². The summed E-state index contributed by atoms with van der Waals surface area (Å²) in [7, 11) is -3.87. The molecule has 5 aromatic rings. The number of nitro benzene ring substituents is 1. The van der Waals surface area contributed by atoms with Gasteiger partial charge in [-0.2, -0.15) is 14.4 Å². The van der Waals surface area contributed by atoms with Crippen molar-refractivity contribution in [1.82, 2.24) is 9.29 Å². The highest BCUT2D eigenvalue weighted by molar-refractivity contribution is 7.89. The number of aromatic nitrogens is 1. The van der Waals surface area contributed by atoms with Crippen LogP contribution in [0.15, 0.2) is 107 Å². The second kappa shape index (κ2) is 12.8. The summed E-state index contributed by atoms with van der Waals surface area (Å²) in [4.78, 5) is 29.0. The summed E-state index contributed by atoms with van der Waals surface area (Å²) in [6, 6.07) is 26.3. The SMILES string of the molecule is Cc1ccc2nc(N(/N=C/c3ccc([N+](=O)[O-])cc3)C(=O)c3ccc(S(=O)(=O)N(Cc4ccccc4)C(C)C)cc3)sc2c1. The minimum absolute atomic E-state index is 0.0635. The van der Waals surface area contributed by atoms with Crippen molar-refractivity contribution < 1.29 is 18.1 Å². The first-order valence-electron chi connectivity index (χ1n) is 13.7. The van der Waals surface area contributed by atoms with Gasteiger partial charge in [-0.15, -0.1) is 0 Å². The zero-order valence-corrected chi connectivity index (χ0v) is 25.8. The molecule has 0 saturated heterocycles. The predicted octanol–water partition coefficient (Wildman–Crippen LogP) is 6.79. The van der Waals surface area contributed by atoms with Crippen LogP contribution in [-0.4, -0.2) is 40.8 Å². The van der Waals surface area contributed by atoms with E-state index in [1.165, 1.54) is 70.4 Å². The molecule has 0 unspecified atom stereocenters. The number of rotatable bonds is 10. The second-order valence-electron chi connectivity index (χ2n) is 10.3. The molecule has 1 aromatic heterocycles. The molecule has 0 atom stereocenters. The number of hydrogen-bond donors (Lipinski definition) is 0. The smallest absolute Gasteiger partial charge is 0.267 e. The average molecular weight is 628 g/mol. The van der Waals surface area contributed by atoms with Gasteiger partial charge in [0.1, 0.15) is 0 Å². The van der Waals surface area contributed by atoms with Gasteiger partial charge in [-0.3, -0.25) is 14.9 Å². The number of hydrogen-bond acceptors (Lipinski definition) is 8. The van der Waals surface area contributed by atoms with Gasteiger partial charge in [0.15, 0.2) is 0 Å². The first-order valence-corrected chi connectivity index (χ1v) is 15.9. The second-order valence-corrected chi connectivity index (χ2v) is 13.2. The largest absolute Gasteiger partial charge is 0.280 e. The van der Waals surface area contributed by atoms with Gasteiger partial charge < -0.3 is 0 Å². The fraction of sp³-hybridized carbons (Fsp3) is 0.156. The predicted molar refractivity (Wildman–Crippen MR) is 173 cm³/mol. The van der Waals surface area contributed by atoms with E-state index in [-0.39, 0.29) is 28.7 Å². The molecule has 4 aromatic carbocycles. The van der Waals surface area contributed by atoms with E-state index >= 15 is 0 Å². The highest BCUT2D eigenvalue weighted by Crippen LogP contribution is 2.31. The number of fused-ring (bicyclic) bond motifs is 1. The number of carbonyl (C=O) groups is 1. The molecule has 5 rings (SSSR count). The summed E-state index contributed by atoms with van der Waals surface area (Å²) < 4.78 is 29.5. The van der Waals surface area contributed by atoms with Crippen molar-refractivity contribution in [2.24, 2.45) is 5.10 Å². The Hall–Kier alpha value is -4.78. The molecule has 0 saturated carbocycles. The van der Waals surface area contributed by atoms with Gasteiger partial charge in [-0.05, 0) is 86.0 Å². The fourth-order valence-electron chi connectivity index (χ4n) is 4.44. The monoisotopic (exact) mass is 627 g/mol. The molecule has 0 aliphatic rings. The standard InChI is InChI=1S/C32H29N5O5S2/c1-22(2)35(21-25-7-5-4-6-8-25)44(41,42)28-16-12-26(13-17-28)31(38)36(32-34-29-18-9-23(3)19-30(29)43-32)33-20-24-10-14-27(15-11-24)37(39)40/h4-20,22H,21H2,1-3H3/b33-20+. The van der Waals surface area contributed by atoms with Crippen molar-refractivity contribution in [1.29, 1.82) is 0 Å². The zero-order chi connectivity index (χ0) is 31.4. The number of anilines is 1. The summed E-state index contributed by atoms with van der Waals surface area (Å²) in [5.41, 5.74) is 3.29. The van der Waals surface area contributed by atoms with Crippen LogP contribution in [0.1, 0.15) is 40.9 Å². The molecule has 0 aliphatic heterocycles. The molecule has 1 amide bonds. The Labute approximate surface area is 259 Å². The normalized spacial score (nSPS) is 11.9. The van der Waals surface area contributed by atoms with Gasteiger partial charge >= 0.3 is 0 Å². The van der Waals surface area contributed by atoms with Crippen LogP contribution < -0.4 is 5.01 Å². The molecule has 0 radical (unpaired) electrons. The van der Waals surface area contributed by atoms with Crippen molar-refractivity contribution in [3.8, 4) is 0 Å². The highest BCUT2D eigenvalue weighted by atomic mass is 32.2. The lowest BCUT2D eigenvalue weighted by Gasteiger charge is -2.26. The molecule has 10 nitrogen and oxygen atoms in total. The molecular weight excluding hydrogens is 599 g/mol. The number of nitro groups is 1. The van der Waals surface area contributed by atoms with Crippen LogP contribution in [0.3, 0.4) is 0 Å². The van der Waals surface area contributed by atoms with Crippen molar-refractivity contribution in [3.63, 3.8) is 0 Å². The van der Waals surface area contributed by atoms with Crippen molar-refractivity contribution in [2.75, 3.05) is 5.01 Å². The Morgan fingerprint density at radius 3 is 2.32 bits per heavy atom. The summed E-state index contributed by atoms with van der Waals surface area (Å²) in [5, 5.41) is 16.9. The van der Waals surface area contributed by atoms with Crippen LogP contribution in [0, 0.1) is 17.0 Å². The third kappa shape index (κ3) is 6.72. The van der Waals surface area contributed by atoms with E-state index in [1.807, 2.05) is 69.3 Å². The Kier molecular flexibility index (Phi) is 8.95. The maximum absolute atomic E-state index is 13.8. The molecule has 12 heteroatoms. The fourth-order valence-corrected chi connectivity index (χ4v) is 7.09. The number of hydrazone groups is 1. The van der Waals surface area contributed by atoms with E-state index in [9.17, 15) is 23.3 Å². The molecule has 224 valence electrons. The van der Waals surface area contributed by atoms with E-state index in [4.69, 9.17) is 0 Å². The van der Waals surface area contributed by atoms with Crippen LogP contribution in [0.4, 0.5) is 10.8 Å². The number of amides is 1. The van der Waals surface area contributed by atoms with Crippen molar-refractivity contribution in [2.45, 2.75) is 38.3 Å². The minimum atomic E-state index is -3.87. The van der Waals surface area contributed by atoms with E-state index in [2.05, 4.69) is 10.1 Å². The molecule has 0 spiro atoms. The van der Waals surface area contributed by atoms with Crippen LogP contribution in [0.5, 0.6) is 0 Å². The van der Waals surface area contributed by atoms with Gasteiger partial charge in [0.2, 0.25) is 15.2 Å². The third-order valence-corrected chi connectivity index (χ3v) is 9.83. The molecule has 0 fully saturated rings. The van der Waals surface area contributed by atoms with Crippen LogP contribution in [0.2, 0.25) is 0 Å². The van der Waals surface area contributed by atoms with Crippen molar-refractivity contribution in [3.05, 3.63) is 129 Å². The van der Waals surface area contributed by atoms with Gasteiger partial charge in [-0.1, -0.05) is 47.7 Å².